The van der Waals surface area contributed by atoms with Crippen LogP contribution in [0.15, 0.2) is 24.4 Å². The Bertz CT molecular complexity index is 284. The van der Waals surface area contributed by atoms with Gasteiger partial charge in [-0.1, -0.05) is 39.7 Å². The van der Waals surface area contributed by atoms with Crippen molar-refractivity contribution >= 4 is 0 Å². The second-order valence-electron chi connectivity index (χ2n) is 4.89. The van der Waals surface area contributed by atoms with Gasteiger partial charge in [0, 0.05) is 12.2 Å². The molecule has 1 N–H and O–H groups in total. The second-order valence-corrected chi connectivity index (χ2v) is 4.89. The van der Waals surface area contributed by atoms with Gasteiger partial charge in [-0.3, -0.25) is 4.98 Å². The van der Waals surface area contributed by atoms with Crippen LogP contribution in [0.25, 0.3) is 0 Å². The van der Waals surface area contributed by atoms with Crippen molar-refractivity contribution in [1.82, 2.24) is 10.3 Å². The molecule has 0 saturated carbocycles. The van der Waals surface area contributed by atoms with E-state index in [0.29, 0.717) is 6.04 Å². The molecule has 2 nitrogen and oxygen atoms in total. The van der Waals surface area contributed by atoms with E-state index in [0.717, 1.165) is 12.5 Å². The Balaban J connectivity index is 2.60. The van der Waals surface area contributed by atoms with Crippen LogP contribution in [0.3, 0.4) is 0 Å². The van der Waals surface area contributed by atoms with Crippen molar-refractivity contribution in [1.29, 1.82) is 0 Å². The predicted molar refractivity (Wildman–Crippen MR) is 74.0 cm³/mol. The summed E-state index contributed by atoms with van der Waals surface area (Å²) in [4.78, 5) is 4.48. The van der Waals surface area contributed by atoms with E-state index in [9.17, 15) is 0 Å². The number of nitrogens with one attached hydrogen (secondary N) is 1. The summed E-state index contributed by atoms with van der Waals surface area (Å²) in [5.41, 5.74) is 1.18. The molecule has 0 radical (unpaired) electrons. The van der Waals surface area contributed by atoms with Crippen molar-refractivity contribution in [3.63, 3.8) is 0 Å². The van der Waals surface area contributed by atoms with Crippen LogP contribution in [0.5, 0.6) is 0 Å². The molecule has 0 aliphatic rings. The second kappa shape index (κ2) is 8.24. The van der Waals surface area contributed by atoms with Gasteiger partial charge in [-0.15, -0.1) is 0 Å². The Morgan fingerprint density at radius 1 is 1.24 bits per heavy atom. The molecule has 2 heteroatoms. The molecular weight excluding hydrogens is 208 g/mol. The van der Waals surface area contributed by atoms with E-state index < -0.39 is 0 Å². The Morgan fingerprint density at radius 2 is 2.06 bits per heavy atom. The maximum Gasteiger partial charge on any atom is 0.0573 e. The quantitative estimate of drug-likeness (QED) is 0.736. The first kappa shape index (κ1) is 14.2. The lowest BCUT2D eigenvalue weighted by atomic mass is 9.95. The lowest BCUT2D eigenvalue weighted by Gasteiger charge is -2.21. The fourth-order valence-corrected chi connectivity index (χ4v) is 2.22. The van der Waals surface area contributed by atoms with Gasteiger partial charge in [0.25, 0.3) is 0 Å². The number of hydrogen-bond donors (Lipinski definition) is 1. The highest BCUT2D eigenvalue weighted by Gasteiger charge is 2.14. The normalized spacial score (nSPS) is 14.5. The molecule has 0 aliphatic heterocycles. The first-order valence-corrected chi connectivity index (χ1v) is 6.92. The first-order valence-electron chi connectivity index (χ1n) is 6.92. The third-order valence-electron chi connectivity index (χ3n) is 3.11. The molecule has 0 bridgehead atoms. The van der Waals surface area contributed by atoms with Crippen molar-refractivity contribution < 1.29 is 0 Å². The summed E-state index contributed by atoms with van der Waals surface area (Å²) in [6, 6.07) is 6.60. The maximum absolute atomic E-state index is 4.48. The standard InChI is InChI=1S/C15H26N2/c1-4-8-13(3)12-15(16-10-5-2)14-9-6-7-11-17-14/h6-7,9,11,13,15-16H,4-5,8,10,12H2,1-3H3. The van der Waals surface area contributed by atoms with Crippen LogP contribution in [0.4, 0.5) is 0 Å². The van der Waals surface area contributed by atoms with Crippen molar-refractivity contribution in [3.05, 3.63) is 30.1 Å². The van der Waals surface area contributed by atoms with Crippen molar-refractivity contribution in [3.8, 4) is 0 Å². The molecule has 0 spiro atoms. The summed E-state index contributed by atoms with van der Waals surface area (Å²) in [7, 11) is 0. The molecule has 1 aromatic heterocycles. The third kappa shape index (κ3) is 5.31. The minimum Gasteiger partial charge on any atom is -0.309 e. The van der Waals surface area contributed by atoms with Crippen LogP contribution in [-0.4, -0.2) is 11.5 Å². The van der Waals surface area contributed by atoms with Gasteiger partial charge in [0.1, 0.15) is 0 Å². The largest absolute Gasteiger partial charge is 0.309 e. The van der Waals surface area contributed by atoms with Crippen molar-refractivity contribution in [2.75, 3.05) is 6.54 Å². The van der Waals surface area contributed by atoms with Crippen molar-refractivity contribution in [2.24, 2.45) is 5.92 Å². The SMILES string of the molecule is CCCNC(CC(C)CCC)c1ccccn1. The number of rotatable bonds is 8. The van der Waals surface area contributed by atoms with Crippen LogP contribution < -0.4 is 5.32 Å². The number of pyridine rings is 1. The zero-order valence-corrected chi connectivity index (χ0v) is 11.4. The molecule has 1 aromatic rings. The monoisotopic (exact) mass is 234 g/mol. The fraction of sp³-hybridized carbons (Fsp3) is 0.667. The number of hydrogen-bond acceptors (Lipinski definition) is 2. The van der Waals surface area contributed by atoms with E-state index in [2.05, 4.69) is 43.2 Å². The third-order valence-corrected chi connectivity index (χ3v) is 3.11. The molecule has 2 unspecified atom stereocenters. The van der Waals surface area contributed by atoms with Gasteiger partial charge in [0.2, 0.25) is 0 Å². The molecule has 96 valence electrons. The summed E-state index contributed by atoms with van der Waals surface area (Å²) in [6.07, 6.45) is 6.82. The van der Waals surface area contributed by atoms with Gasteiger partial charge in [-0.2, -0.15) is 0 Å². The molecular formula is C15H26N2. The minimum absolute atomic E-state index is 0.415. The van der Waals surface area contributed by atoms with Gasteiger partial charge >= 0.3 is 0 Å². The lowest BCUT2D eigenvalue weighted by molar-refractivity contribution is 0.385. The molecule has 0 saturated heterocycles. The smallest absolute Gasteiger partial charge is 0.0573 e. The molecule has 0 aliphatic carbocycles. The highest BCUT2D eigenvalue weighted by Crippen LogP contribution is 2.22. The zero-order chi connectivity index (χ0) is 12.5. The van der Waals surface area contributed by atoms with Crippen LogP contribution in [0.1, 0.15) is 58.2 Å². The van der Waals surface area contributed by atoms with E-state index in [4.69, 9.17) is 0 Å². The van der Waals surface area contributed by atoms with Crippen LogP contribution in [-0.2, 0) is 0 Å². The van der Waals surface area contributed by atoms with E-state index in [1.807, 2.05) is 12.3 Å². The van der Waals surface area contributed by atoms with Gasteiger partial charge in [0.15, 0.2) is 0 Å². The van der Waals surface area contributed by atoms with E-state index >= 15 is 0 Å². The average Bonchev–Trinajstić information content (AvgIpc) is 2.36. The Hall–Kier alpha value is -0.890. The number of nitrogens with zero attached hydrogens (tertiary/aromatic N) is 1. The molecule has 1 heterocycles. The molecule has 17 heavy (non-hydrogen) atoms. The Labute approximate surface area is 106 Å². The summed E-state index contributed by atoms with van der Waals surface area (Å²) < 4.78 is 0. The first-order chi connectivity index (χ1) is 8.27. The van der Waals surface area contributed by atoms with Crippen LogP contribution in [0.2, 0.25) is 0 Å². The van der Waals surface area contributed by atoms with E-state index in [-0.39, 0.29) is 0 Å². The summed E-state index contributed by atoms with van der Waals surface area (Å²) in [5.74, 6) is 0.761. The zero-order valence-electron chi connectivity index (χ0n) is 11.4. The van der Waals surface area contributed by atoms with Crippen LogP contribution in [0, 0.1) is 5.92 Å². The molecule has 2 atom stereocenters. The van der Waals surface area contributed by atoms with Crippen LogP contribution >= 0.6 is 0 Å². The summed E-state index contributed by atoms with van der Waals surface area (Å²) >= 11 is 0. The molecule has 0 aromatic carbocycles. The highest BCUT2D eigenvalue weighted by atomic mass is 14.9. The lowest BCUT2D eigenvalue weighted by Crippen LogP contribution is -2.24. The van der Waals surface area contributed by atoms with Gasteiger partial charge in [0.05, 0.1) is 5.69 Å². The highest BCUT2D eigenvalue weighted by molar-refractivity contribution is 5.08. The Kier molecular flexibility index (Phi) is 6.87. The molecule has 0 amide bonds. The van der Waals surface area contributed by atoms with Crippen molar-refractivity contribution in [2.45, 2.75) is 52.5 Å². The maximum atomic E-state index is 4.48. The summed E-state index contributed by atoms with van der Waals surface area (Å²) in [6.45, 7) is 7.87. The predicted octanol–water partition coefficient (Wildman–Crippen LogP) is 3.95. The topological polar surface area (TPSA) is 24.9 Å². The fourth-order valence-electron chi connectivity index (χ4n) is 2.22. The summed E-state index contributed by atoms with van der Waals surface area (Å²) in [5, 5.41) is 3.61. The molecule has 1 rings (SSSR count). The number of aromatic nitrogens is 1. The Morgan fingerprint density at radius 3 is 2.65 bits per heavy atom. The van der Waals surface area contributed by atoms with Gasteiger partial charge in [-0.05, 0) is 37.4 Å². The van der Waals surface area contributed by atoms with E-state index in [1.165, 1.54) is 31.4 Å². The molecule has 0 fully saturated rings. The minimum atomic E-state index is 0.415. The van der Waals surface area contributed by atoms with E-state index in [1.54, 1.807) is 0 Å². The van der Waals surface area contributed by atoms with Gasteiger partial charge in [-0.25, -0.2) is 0 Å². The van der Waals surface area contributed by atoms with Gasteiger partial charge < -0.3 is 5.32 Å². The average molecular weight is 234 g/mol.